The van der Waals surface area contributed by atoms with Crippen molar-refractivity contribution in [2.75, 3.05) is 24.3 Å². The molecule has 0 atom stereocenters. The third-order valence-electron chi connectivity index (χ3n) is 2.57. The van der Waals surface area contributed by atoms with Crippen molar-refractivity contribution in [1.29, 1.82) is 0 Å². The summed E-state index contributed by atoms with van der Waals surface area (Å²) in [6.07, 6.45) is 1.54. The molecule has 5 heteroatoms. The predicted molar refractivity (Wildman–Crippen MR) is 75.8 cm³/mol. The Kier molecular flexibility index (Phi) is 3.67. The molecule has 18 heavy (non-hydrogen) atoms. The van der Waals surface area contributed by atoms with E-state index in [0.29, 0.717) is 5.02 Å². The Hall–Kier alpha value is -1.81. The molecule has 1 aromatic heterocycles. The van der Waals surface area contributed by atoms with Crippen LogP contribution in [0.3, 0.4) is 0 Å². The minimum Gasteiger partial charge on any atom is -0.363 e. The summed E-state index contributed by atoms with van der Waals surface area (Å²) in [5.74, 6) is 1.60. The summed E-state index contributed by atoms with van der Waals surface area (Å²) in [5.41, 5.74) is 2.07. The van der Waals surface area contributed by atoms with Crippen molar-refractivity contribution in [3.05, 3.63) is 41.2 Å². The van der Waals surface area contributed by atoms with Crippen LogP contribution in [0.25, 0.3) is 0 Å². The van der Waals surface area contributed by atoms with Crippen LogP contribution in [0.1, 0.15) is 5.56 Å². The van der Waals surface area contributed by atoms with Gasteiger partial charge in [-0.15, -0.1) is 0 Å². The molecular formula is C13H15ClN4. The van der Waals surface area contributed by atoms with Gasteiger partial charge in [-0.25, -0.2) is 9.97 Å². The first-order valence-corrected chi connectivity index (χ1v) is 5.96. The Morgan fingerprint density at radius 2 is 1.94 bits per heavy atom. The highest BCUT2D eigenvalue weighted by Crippen LogP contribution is 2.24. The lowest BCUT2D eigenvalue weighted by atomic mass is 10.2. The van der Waals surface area contributed by atoms with Gasteiger partial charge in [-0.1, -0.05) is 17.7 Å². The molecule has 4 nitrogen and oxygen atoms in total. The van der Waals surface area contributed by atoms with E-state index in [1.165, 1.54) is 6.33 Å². The summed E-state index contributed by atoms with van der Waals surface area (Å²) in [6, 6.07) is 7.61. The van der Waals surface area contributed by atoms with Crippen molar-refractivity contribution < 1.29 is 0 Å². The van der Waals surface area contributed by atoms with E-state index in [2.05, 4.69) is 15.3 Å². The maximum absolute atomic E-state index is 5.98. The highest BCUT2D eigenvalue weighted by Gasteiger charge is 2.03. The van der Waals surface area contributed by atoms with Gasteiger partial charge in [0.1, 0.15) is 18.0 Å². The van der Waals surface area contributed by atoms with Crippen LogP contribution in [0, 0.1) is 6.92 Å². The minimum absolute atomic E-state index is 0.699. The van der Waals surface area contributed by atoms with Gasteiger partial charge in [0.05, 0.1) is 0 Å². The lowest BCUT2D eigenvalue weighted by molar-refractivity contribution is 1.04. The number of benzene rings is 1. The first-order chi connectivity index (χ1) is 8.56. The summed E-state index contributed by atoms with van der Waals surface area (Å²) >= 11 is 5.98. The molecule has 0 saturated carbocycles. The summed E-state index contributed by atoms with van der Waals surface area (Å²) in [6.45, 7) is 2.02. The quantitative estimate of drug-likeness (QED) is 0.922. The number of nitrogens with one attached hydrogen (secondary N) is 1. The van der Waals surface area contributed by atoms with Crippen LogP contribution in [0.2, 0.25) is 5.02 Å². The molecule has 0 spiro atoms. The van der Waals surface area contributed by atoms with Crippen molar-refractivity contribution in [1.82, 2.24) is 9.97 Å². The highest BCUT2D eigenvalue weighted by atomic mass is 35.5. The van der Waals surface area contributed by atoms with Gasteiger partial charge in [0.2, 0.25) is 0 Å². The molecular weight excluding hydrogens is 248 g/mol. The monoisotopic (exact) mass is 262 g/mol. The smallest absolute Gasteiger partial charge is 0.135 e. The number of nitrogens with zero attached hydrogens (tertiary/aromatic N) is 3. The molecule has 2 rings (SSSR count). The Morgan fingerprint density at radius 1 is 1.17 bits per heavy atom. The molecule has 1 N–H and O–H groups in total. The Labute approximate surface area is 112 Å². The number of anilines is 3. The zero-order valence-electron chi connectivity index (χ0n) is 10.6. The first kappa shape index (κ1) is 12.6. The lowest BCUT2D eigenvalue weighted by Gasteiger charge is -2.13. The van der Waals surface area contributed by atoms with Crippen molar-refractivity contribution in [3.63, 3.8) is 0 Å². The second kappa shape index (κ2) is 5.23. The predicted octanol–water partition coefficient (Wildman–Crippen LogP) is 3.25. The van der Waals surface area contributed by atoms with Crippen molar-refractivity contribution in [2.24, 2.45) is 0 Å². The van der Waals surface area contributed by atoms with E-state index < -0.39 is 0 Å². The van der Waals surface area contributed by atoms with Crippen LogP contribution >= 0.6 is 11.6 Å². The number of hydrogen-bond acceptors (Lipinski definition) is 4. The fourth-order valence-electron chi connectivity index (χ4n) is 1.53. The van der Waals surface area contributed by atoms with E-state index in [1.807, 2.05) is 50.2 Å². The molecule has 1 aromatic carbocycles. The lowest BCUT2D eigenvalue weighted by Crippen LogP contribution is -2.11. The molecule has 0 aliphatic carbocycles. The summed E-state index contributed by atoms with van der Waals surface area (Å²) in [7, 11) is 3.88. The molecule has 0 aliphatic rings. The largest absolute Gasteiger partial charge is 0.363 e. The molecule has 1 heterocycles. The van der Waals surface area contributed by atoms with Gasteiger partial charge in [0.15, 0.2) is 0 Å². The van der Waals surface area contributed by atoms with E-state index in [-0.39, 0.29) is 0 Å². The molecule has 94 valence electrons. The normalized spacial score (nSPS) is 10.2. The Bertz CT molecular complexity index is 554. The molecule has 0 radical (unpaired) electrons. The van der Waals surface area contributed by atoms with Gasteiger partial charge in [-0.3, -0.25) is 0 Å². The molecule has 0 fully saturated rings. The molecule has 0 unspecified atom stereocenters. The van der Waals surface area contributed by atoms with Crippen LogP contribution in [-0.4, -0.2) is 24.1 Å². The molecule has 0 aliphatic heterocycles. The van der Waals surface area contributed by atoms with Gasteiger partial charge in [-0.05, 0) is 24.6 Å². The molecule has 0 amide bonds. The topological polar surface area (TPSA) is 41.0 Å². The maximum atomic E-state index is 5.98. The van der Waals surface area contributed by atoms with E-state index in [4.69, 9.17) is 11.6 Å². The van der Waals surface area contributed by atoms with Gasteiger partial charge in [0.25, 0.3) is 0 Å². The SMILES string of the molecule is Cc1ccc(Cl)cc1Nc1cc(N(C)C)ncn1. The average molecular weight is 263 g/mol. The van der Waals surface area contributed by atoms with Gasteiger partial charge in [0, 0.05) is 30.9 Å². The standard InChI is InChI=1S/C13H15ClN4/c1-9-4-5-10(14)6-11(9)17-12-7-13(18(2)3)16-8-15-12/h4-8H,1-3H3,(H,15,16,17). The second-order valence-electron chi connectivity index (χ2n) is 4.24. The van der Waals surface area contributed by atoms with Crippen LogP contribution < -0.4 is 10.2 Å². The van der Waals surface area contributed by atoms with E-state index in [1.54, 1.807) is 0 Å². The second-order valence-corrected chi connectivity index (χ2v) is 4.68. The maximum Gasteiger partial charge on any atom is 0.135 e. The van der Waals surface area contributed by atoms with Crippen LogP contribution in [-0.2, 0) is 0 Å². The fraction of sp³-hybridized carbons (Fsp3) is 0.231. The third-order valence-corrected chi connectivity index (χ3v) is 2.81. The van der Waals surface area contributed by atoms with Gasteiger partial charge >= 0.3 is 0 Å². The number of rotatable bonds is 3. The Balaban J connectivity index is 2.28. The summed E-state index contributed by atoms with van der Waals surface area (Å²) in [5, 5.41) is 3.95. The number of aromatic nitrogens is 2. The average Bonchev–Trinajstić information content (AvgIpc) is 2.34. The van der Waals surface area contributed by atoms with E-state index >= 15 is 0 Å². The molecule has 0 bridgehead atoms. The minimum atomic E-state index is 0.699. The first-order valence-electron chi connectivity index (χ1n) is 5.59. The van der Waals surface area contributed by atoms with Crippen molar-refractivity contribution in [3.8, 4) is 0 Å². The number of aryl methyl sites for hydroxylation is 1. The van der Waals surface area contributed by atoms with Crippen LogP contribution in [0.5, 0.6) is 0 Å². The van der Waals surface area contributed by atoms with Crippen molar-refractivity contribution in [2.45, 2.75) is 6.92 Å². The zero-order valence-corrected chi connectivity index (χ0v) is 11.4. The number of hydrogen-bond donors (Lipinski definition) is 1. The number of halogens is 1. The summed E-state index contributed by atoms with van der Waals surface area (Å²) < 4.78 is 0. The zero-order chi connectivity index (χ0) is 13.1. The fourth-order valence-corrected chi connectivity index (χ4v) is 1.70. The van der Waals surface area contributed by atoms with Crippen LogP contribution in [0.15, 0.2) is 30.6 Å². The summed E-state index contributed by atoms with van der Waals surface area (Å²) in [4.78, 5) is 10.3. The van der Waals surface area contributed by atoms with Gasteiger partial charge in [-0.2, -0.15) is 0 Å². The Morgan fingerprint density at radius 3 is 2.67 bits per heavy atom. The van der Waals surface area contributed by atoms with E-state index in [0.717, 1.165) is 22.9 Å². The van der Waals surface area contributed by atoms with Gasteiger partial charge < -0.3 is 10.2 Å². The van der Waals surface area contributed by atoms with Crippen molar-refractivity contribution >= 4 is 28.9 Å². The third kappa shape index (κ3) is 2.90. The van der Waals surface area contributed by atoms with Crippen LogP contribution in [0.4, 0.5) is 17.3 Å². The molecule has 2 aromatic rings. The van der Waals surface area contributed by atoms with E-state index in [9.17, 15) is 0 Å². The highest BCUT2D eigenvalue weighted by molar-refractivity contribution is 6.30. The molecule has 0 saturated heterocycles.